The lowest BCUT2D eigenvalue weighted by Gasteiger charge is -2.01. The van der Waals surface area contributed by atoms with Gasteiger partial charge in [0.05, 0.1) is 0 Å². The van der Waals surface area contributed by atoms with Gasteiger partial charge < -0.3 is 5.73 Å². The number of hydrogen-bond donors (Lipinski definition) is 1. The minimum Gasteiger partial charge on any atom is -0.383 e. The first-order valence-corrected chi connectivity index (χ1v) is 7.10. The lowest BCUT2D eigenvalue weighted by Crippen LogP contribution is -2.12. The number of rotatable bonds is 3. The molecule has 0 bridgehead atoms. The molecule has 3 nitrogen and oxygen atoms in total. The maximum absolute atomic E-state index is 5.97. The number of aromatic nitrogens is 1. The standard InChI is InChI=1S/C16H13N3S/c17-16(12-5-2-1-3-6-12)19-15-9-8-13(11-18-15)14-7-4-10-20-14/h1-11H,(H2,17,18,19). The third-order valence-electron chi connectivity index (χ3n) is 2.86. The highest BCUT2D eigenvalue weighted by Gasteiger charge is 2.01. The number of aliphatic imine (C=N–C) groups is 1. The van der Waals surface area contributed by atoms with Gasteiger partial charge in [-0.3, -0.25) is 0 Å². The lowest BCUT2D eigenvalue weighted by atomic mass is 10.2. The number of thiophene rings is 1. The molecule has 0 radical (unpaired) electrons. The van der Waals surface area contributed by atoms with E-state index in [-0.39, 0.29) is 0 Å². The first kappa shape index (κ1) is 12.6. The number of hydrogen-bond acceptors (Lipinski definition) is 3. The molecule has 3 rings (SSSR count). The van der Waals surface area contributed by atoms with Crippen LogP contribution in [0.3, 0.4) is 0 Å². The van der Waals surface area contributed by atoms with Gasteiger partial charge in [0.25, 0.3) is 0 Å². The lowest BCUT2D eigenvalue weighted by molar-refractivity contribution is 1.27. The number of nitrogens with two attached hydrogens (primary N) is 1. The summed E-state index contributed by atoms with van der Waals surface area (Å²) in [5.74, 6) is 1.09. The summed E-state index contributed by atoms with van der Waals surface area (Å²) in [4.78, 5) is 9.88. The van der Waals surface area contributed by atoms with E-state index >= 15 is 0 Å². The molecule has 0 saturated carbocycles. The maximum atomic E-state index is 5.97. The Labute approximate surface area is 121 Å². The minimum atomic E-state index is 0.474. The second kappa shape index (κ2) is 5.67. The van der Waals surface area contributed by atoms with Crippen molar-refractivity contribution in [2.45, 2.75) is 0 Å². The van der Waals surface area contributed by atoms with E-state index in [1.54, 1.807) is 11.3 Å². The van der Waals surface area contributed by atoms with Crippen LogP contribution in [0.1, 0.15) is 5.56 Å². The van der Waals surface area contributed by atoms with E-state index in [1.807, 2.05) is 54.7 Å². The van der Waals surface area contributed by atoms with E-state index in [0.717, 1.165) is 11.1 Å². The molecule has 3 aromatic rings. The average Bonchev–Trinajstić information content (AvgIpc) is 3.03. The average molecular weight is 279 g/mol. The molecule has 2 aromatic heterocycles. The van der Waals surface area contributed by atoms with Gasteiger partial charge in [0, 0.05) is 22.2 Å². The van der Waals surface area contributed by atoms with Crippen molar-refractivity contribution in [2.24, 2.45) is 10.7 Å². The monoisotopic (exact) mass is 279 g/mol. The second-order valence-electron chi connectivity index (χ2n) is 4.25. The molecule has 0 aliphatic carbocycles. The second-order valence-corrected chi connectivity index (χ2v) is 5.19. The van der Waals surface area contributed by atoms with Gasteiger partial charge in [-0.05, 0) is 23.6 Å². The largest absolute Gasteiger partial charge is 0.383 e. The number of amidine groups is 1. The molecular weight excluding hydrogens is 266 g/mol. The highest BCUT2D eigenvalue weighted by Crippen LogP contribution is 2.25. The van der Waals surface area contributed by atoms with Crippen LogP contribution in [0, 0.1) is 0 Å². The van der Waals surface area contributed by atoms with Crippen molar-refractivity contribution in [3.8, 4) is 10.4 Å². The first-order valence-electron chi connectivity index (χ1n) is 6.22. The predicted molar refractivity (Wildman–Crippen MR) is 84.4 cm³/mol. The Hall–Kier alpha value is -2.46. The highest BCUT2D eigenvalue weighted by molar-refractivity contribution is 7.13. The zero-order valence-corrected chi connectivity index (χ0v) is 11.5. The van der Waals surface area contributed by atoms with Crippen molar-refractivity contribution in [1.29, 1.82) is 0 Å². The smallest absolute Gasteiger partial charge is 0.154 e. The van der Waals surface area contributed by atoms with E-state index in [2.05, 4.69) is 21.4 Å². The molecule has 0 fully saturated rings. The fraction of sp³-hybridized carbons (Fsp3) is 0. The Bertz CT molecular complexity index is 701. The SMILES string of the molecule is NC(=Nc1ccc(-c2cccs2)cn1)c1ccccc1. The topological polar surface area (TPSA) is 51.3 Å². The molecule has 1 aromatic carbocycles. The van der Waals surface area contributed by atoms with E-state index in [1.165, 1.54) is 4.88 Å². The van der Waals surface area contributed by atoms with Crippen molar-refractivity contribution in [1.82, 2.24) is 4.98 Å². The predicted octanol–water partition coefficient (Wildman–Crippen LogP) is 3.85. The first-order chi connectivity index (χ1) is 9.83. The summed E-state index contributed by atoms with van der Waals surface area (Å²) in [5, 5.41) is 2.05. The van der Waals surface area contributed by atoms with Gasteiger partial charge in [-0.1, -0.05) is 36.4 Å². The molecule has 0 spiro atoms. The van der Waals surface area contributed by atoms with Gasteiger partial charge in [0.15, 0.2) is 5.82 Å². The molecule has 20 heavy (non-hydrogen) atoms. The summed E-state index contributed by atoms with van der Waals surface area (Å²) >= 11 is 1.69. The van der Waals surface area contributed by atoms with Gasteiger partial charge in [0.1, 0.15) is 5.84 Å². The van der Waals surface area contributed by atoms with E-state index in [9.17, 15) is 0 Å². The molecule has 0 unspecified atom stereocenters. The third-order valence-corrected chi connectivity index (χ3v) is 3.78. The van der Waals surface area contributed by atoms with Crippen LogP contribution in [0.2, 0.25) is 0 Å². The Morgan fingerprint density at radius 3 is 2.50 bits per heavy atom. The molecule has 98 valence electrons. The van der Waals surface area contributed by atoms with Crippen molar-refractivity contribution in [3.63, 3.8) is 0 Å². The zero-order chi connectivity index (χ0) is 13.8. The van der Waals surface area contributed by atoms with Crippen LogP contribution in [-0.2, 0) is 0 Å². The molecule has 4 heteroatoms. The number of pyridine rings is 1. The summed E-state index contributed by atoms with van der Waals surface area (Å²) in [7, 11) is 0. The van der Waals surface area contributed by atoms with Crippen LogP contribution in [0.25, 0.3) is 10.4 Å². The molecular formula is C16H13N3S. The molecule has 0 aliphatic heterocycles. The van der Waals surface area contributed by atoms with Gasteiger partial charge >= 0.3 is 0 Å². The fourth-order valence-electron chi connectivity index (χ4n) is 1.84. The zero-order valence-electron chi connectivity index (χ0n) is 10.7. The Kier molecular flexibility index (Phi) is 3.56. The summed E-state index contributed by atoms with van der Waals surface area (Å²) in [6.45, 7) is 0. The summed E-state index contributed by atoms with van der Waals surface area (Å²) in [5.41, 5.74) is 7.97. The van der Waals surface area contributed by atoms with Crippen LogP contribution in [0.4, 0.5) is 5.82 Å². The molecule has 2 N–H and O–H groups in total. The molecule has 0 aliphatic rings. The quantitative estimate of drug-likeness (QED) is 0.585. The highest BCUT2D eigenvalue weighted by atomic mass is 32.1. The van der Waals surface area contributed by atoms with Crippen molar-refractivity contribution < 1.29 is 0 Å². The summed E-state index contributed by atoms with van der Waals surface area (Å²) in [6, 6.07) is 17.7. The van der Waals surface area contributed by atoms with Gasteiger partial charge in [-0.15, -0.1) is 11.3 Å². The summed E-state index contributed by atoms with van der Waals surface area (Å²) in [6.07, 6.45) is 1.82. The molecule has 2 heterocycles. The van der Waals surface area contributed by atoms with Gasteiger partial charge in [0.2, 0.25) is 0 Å². The van der Waals surface area contributed by atoms with Crippen LogP contribution in [-0.4, -0.2) is 10.8 Å². The number of nitrogens with zero attached hydrogens (tertiary/aromatic N) is 2. The van der Waals surface area contributed by atoms with Crippen LogP contribution in [0.15, 0.2) is 71.2 Å². The number of benzene rings is 1. The van der Waals surface area contributed by atoms with Crippen LogP contribution < -0.4 is 5.73 Å². The Balaban J connectivity index is 1.85. The van der Waals surface area contributed by atoms with Crippen molar-refractivity contribution in [3.05, 3.63) is 71.7 Å². The molecule has 0 saturated heterocycles. The van der Waals surface area contributed by atoms with Crippen LogP contribution in [0.5, 0.6) is 0 Å². The summed E-state index contributed by atoms with van der Waals surface area (Å²) < 4.78 is 0. The van der Waals surface area contributed by atoms with E-state index in [4.69, 9.17) is 5.73 Å². The molecule has 0 amide bonds. The third kappa shape index (κ3) is 2.75. The Morgan fingerprint density at radius 1 is 1.00 bits per heavy atom. The Morgan fingerprint density at radius 2 is 1.85 bits per heavy atom. The van der Waals surface area contributed by atoms with Gasteiger partial charge in [-0.25, -0.2) is 9.98 Å². The fourth-order valence-corrected chi connectivity index (χ4v) is 2.56. The normalized spacial score (nSPS) is 11.5. The van der Waals surface area contributed by atoms with Crippen molar-refractivity contribution >= 4 is 23.0 Å². The van der Waals surface area contributed by atoms with Gasteiger partial charge in [-0.2, -0.15) is 0 Å². The van der Waals surface area contributed by atoms with Crippen LogP contribution >= 0.6 is 11.3 Å². The molecule has 0 atom stereocenters. The minimum absolute atomic E-state index is 0.474. The van der Waals surface area contributed by atoms with Crippen molar-refractivity contribution in [2.75, 3.05) is 0 Å². The maximum Gasteiger partial charge on any atom is 0.154 e. The van der Waals surface area contributed by atoms with E-state index in [0.29, 0.717) is 11.7 Å². The van der Waals surface area contributed by atoms with E-state index < -0.39 is 0 Å².